The van der Waals surface area contributed by atoms with Gasteiger partial charge in [0.05, 0.1) is 4.47 Å². The first-order valence-electron chi connectivity index (χ1n) is 6.31. The first-order valence-corrected chi connectivity index (χ1v) is 7.98. The molecule has 0 aliphatic rings. The minimum absolute atomic E-state index is 0.0801. The minimum Gasteiger partial charge on any atom is -0.324 e. The summed E-state index contributed by atoms with van der Waals surface area (Å²) in [5.41, 5.74) is 8.51. The Balaban J connectivity index is 1.89. The maximum Gasteiger partial charge on any atom is 0.137 e. The van der Waals surface area contributed by atoms with E-state index in [0.717, 1.165) is 11.1 Å². The van der Waals surface area contributed by atoms with Crippen molar-refractivity contribution in [1.82, 2.24) is 0 Å². The van der Waals surface area contributed by atoms with Crippen LogP contribution in [0.4, 0.5) is 4.39 Å². The fraction of sp³-hybridized carbons (Fsp3) is 0.125. The van der Waals surface area contributed by atoms with E-state index >= 15 is 0 Å². The van der Waals surface area contributed by atoms with Crippen LogP contribution in [0.2, 0.25) is 0 Å². The van der Waals surface area contributed by atoms with Crippen LogP contribution < -0.4 is 5.73 Å². The van der Waals surface area contributed by atoms with Crippen molar-refractivity contribution in [1.29, 1.82) is 0 Å². The molecule has 1 heterocycles. The largest absolute Gasteiger partial charge is 0.324 e. The maximum atomic E-state index is 13.2. The summed E-state index contributed by atoms with van der Waals surface area (Å²) < 4.78 is 15.0. The summed E-state index contributed by atoms with van der Waals surface area (Å²) in [4.78, 5) is 0. The summed E-state index contributed by atoms with van der Waals surface area (Å²) in [6.45, 7) is 0. The topological polar surface area (TPSA) is 26.0 Å². The highest BCUT2D eigenvalue weighted by Gasteiger charge is 2.13. The molecule has 1 atom stereocenters. The Kier molecular flexibility index (Phi) is 3.87. The Morgan fingerprint density at radius 2 is 2.00 bits per heavy atom. The molecule has 2 N–H and O–H groups in total. The average molecular weight is 350 g/mol. The highest BCUT2D eigenvalue weighted by Crippen LogP contribution is 2.31. The zero-order chi connectivity index (χ0) is 14.1. The fourth-order valence-electron chi connectivity index (χ4n) is 2.32. The van der Waals surface area contributed by atoms with Gasteiger partial charge in [0.25, 0.3) is 0 Å². The Morgan fingerprint density at radius 1 is 1.20 bits per heavy atom. The molecule has 0 saturated carbocycles. The predicted octanol–water partition coefficient (Wildman–Crippen LogP) is 5.05. The van der Waals surface area contributed by atoms with Crippen LogP contribution >= 0.6 is 27.3 Å². The molecule has 0 spiro atoms. The highest BCUT2D eigenvalue weighted by molar-refractivity contribution is 9.10. The van der Waals surface area contributed by atoms with Gasteiger partial charge in [0, 0.05) is 10.7 Å². The molecule has 1 nitrogen and oxygen atoms in total. The molecule has 2 aromatic carbocycles. The van der Waals surface area contributed by atoms with Crippen molar-refractivity contribution in [3.8, 4) is 0 Å². The summed E-state index contributed by atoms with van der Waals surface area (Å²) in [7, 11) is 0. The van der Waals surface area contributed by atoms with Crippen LogP contribution in [-0.2, 0) is 6.42 Å². The molecule has 0 aliphatic carbocycles. The molecule has 3 aromatic rings. The van der Waals surface area contributed by atoms with Gasteiger partial charge in [-0.2, -0.15) is 0 Å². The van der Waals surface area contributed by atoms with Crippen LogP contribution in [0.5, 0.6) is 0 Å². The highest BCUT2D eigenvalue weighted by atomic mass is 79.9. The lowest BCUT2D eigenvalue weighted by Crippen LogP contribution is -2.12. The Bertz CT molecular complexity index is 753. The second kappa shape index (κ2) is 5.64. The van der Waals surface area contributed by atoms with Gasteiger partial charge in [-0.05, 0) is 62.4 Å². The van der Waals surface area contributed by atoms with E-state index in [0.29, 0.717) is 10.9 Å². The van der Waals surface area contributed by atoms with E-state index in [1.807, 2.05) is 12.1 Å². The van der Waals surface area contributed by atoms with Crippen LogP contribution in [0, 0.1) is 5.82 Å². The molecule has 0 aliphatic heterocycles. The molecule has 1 aromatic heterocycles. The third-order valence-corrected chi connectivity index (χ3v) is 4.94. The molecule has 0 bridgehead atoms. The summed E-state index contributed by atoms with van der Waals surface area (Å²) in [5, 5.41) is 3.33. The van der Waals surface area contributed by atoms with Crippen molar-refractivity contribution in [2.24, 2.45) is 5.73 Å². The Morgan fingerprint density at radius 3 is 2.80 bits per heavy atom. The van der Waals surface area contributed by atoms with Crippen molar-refractivity contribution >= 4 is 37.4 Å². The molecule has 3 rings (SSSR count). The molecule has 0 radical (unpaired) electrons. The first kappa shape index (κ1) is 13.7. The quantitative estimate of drug-likeness (QED) is 0.703. The summed E-state index contributed by atoms with van der Waals surface area (Å²) in [6.07, 6.45) is 0.694. The number of thiophene rings is 1. The van der Waals surface area contributed by atoms with Crippen LogP contribution in [0.3, 0.4) is 0 Å². The van der Waals surface area contributed by atoms with E-state index in [2.05, 4.69) is 33.4 Å². The standard InChI is InChI=1S/C16H13BrFNS/c17-13-7-10(5-6-14(13)18)8-15(19)12-9-20-16-4-2-1-3-11(12)16/h1-7,9,15H,8,19H2. The van der Waals surface area contributed by atoms with Crippen molar-refractivity contribution in [3.05, 3.63) is 69.3 Å². The number of fused-ring (bicyclic) bond motifs is 1. The molecule has 0 amide bonds. The van der Waals surface area contributed by atoms with Crippen LogP contribution in [-0.4, -0.2) is 0 Å². The third-order valence-electron chi connectivity index (χ3n) is 3.35. The number of rotatable bonds is 3. The normalized spacial score (nSPS) is 12.8. The predicted molar refractivity (Wildman–Crippen MR) is 86.6 cm³/mol. The lowest BCUT2D eigenvalue weighted by atomic mass is 9.99. The van der Waals surface area contributed by atoms with E-state index in [1.54, 1.807) is 23.5 Å². The smallest absolute Gasteiger partial charge is 0.137 e. The van der Waals surface area contributed by atoms with Gasteiger partial charge in [0.2, 0.25) is 0 Å². The van der Waals surface area contributed by atoms with E-state index in [9.17, 15) is 4.39 Å². The zero-order valence-electron chi connectivity index (χ0n) is 10.6. The number of nitrogens with two attached hydrogens (primary N) is 1. The van der Waals surface area contributed by atoms with Crippen LogP contribution in [0.25, 0.3) is 10.1 Å². The molecule has 0 fully saturated rings. The molecule has 1 unspecified atom stereocenters. The van der Waals surface area contributed by atoms with Gasteiger partial charge in [-0.1, -0.05) is 24.3 Å². The van der Waals surface area contributed by atoms with Gasteiger partial charge < -0.3 is 5.73 Å². The first-order chi connectivity index (χ1) is 9.65. The van der Waals surface area contributed by atoms with E-state index in [4.69, 9.17) is 5.73 Å². The van der Waals surface area contributed by atoms with Crippen molar-refractivity contribution in [3.63, 3.8) is 0 Å². The third kappa shape index (κ3) is 2.64. The molecular weight excluding hydrogens is 337 g/mol. The van der Waals surface area contributed by atoms with E-state index in [1.165, 1.54) is 16.2 Å². The average Bonchev–Trinajstić information content (AvgIpc) is 2.87. The van der Waals surface area contributed by atoms with Gasteiger partial charge in [0.15, 0.2) is 0 Å². The molecular formula is C16H13BrFNS. The van der Waals surface area contributed by atoms with Crippen LogP contribution in [0.15, 0.2) is 52.3 Å². The Labute approximate surface area is 129 Å². The monoisotopic (exact) mass is 349 g/mol. The zero-order valence-corrected chi connectivity index (χ0v) is 13.0. The fourth-order valence-corrected chi connectivity index (χ4v) is 3.77. The van der Waals surface area contributed by atoms with Gasteiger partial charge in [-0.15, -0.1) is 11.3 Å². The van der Waals surface area contributed by atoms with Gasteiger partial charge in [-0.25, -0.2) is 4.39 Å². The second-order valence-corrected chi connectivity index (χ2v) is 6.51. The molecule has 102 valence electrons. The van der Waals surface area contributed by atoms with E-state index < -0.39 is 0 Å². The lowest BCUT2D eigenvalue weighted by Gasteiger charge is -2.11. The molecule has 4 heteroatoms. The molecule has 0 saturated heterocycles. The maximum absolute atomic E-state index is 13.2. The van der Waals surface area contributed by atoms with Gasteiger partial charge in [0.1, 0.15) is 5.82 Å². The van der Waals surface area contributed by atoms with Crippen molar-refractivity contribution in [2.45, 2.75) is 12.5 Å². The summed E-state index contributed by atoms with van der Waals surface area (Å²) >= 11 is 4.92. The second-order valence-electron chi connectivity index (χ2n) is 4.75. The van der Waals surface area contributed by atoms with Crippen molar-refractivity contribution in [2.75, 3.05) is 0 Å². The number of benzene rings is 2. The van der Waals surface area contributed by atoms with Crippen molar-refractivity contribution < 1.29 is 4.39 Å². The number of halogens is 2. The lowest BCUT2D eigenvalue weighted by molar-refractivity contribution is 0.619. The summed E-state index contributed by atoms with van der Waals surface area (Å²) in [6, 6.07) is 13.2. The minimum atomic E-state index is -0.247. The number of hydrogen-bond donors (Lipinski definition) is 1. The van der Waals surface area contributed by atoms with Gasteiger partial charge in [-0.3, -0.25) is 0 Å². The van der Waals surface area contributed by atoms with Gasteiger partial charge >= 0.3 is 0 Å². The summed E-state index contributed by atoms with van der Waals surface area (Å²) in [5.74, 6) is -0.247. The number of hydrogen-bond acceptors (Lipinski definition) is 2. The van der Waals surface area contributed by atoms with E-state index in [-0.39, 0.29) is 11.9 Å². The van der Waals surface area contributed by atoms with Crippen LogP contribution in [0.1, 0.15) is 17.2 Å². The SMILES string of the molecule is NC(Cc1ccc(F)c(Br)c1)c1csc2ccccc12. The molecule has 20 heavy (non-hydrogen) atoms. The Hall–Kier alpha value is -1.23.